The van der Waals surface area contributed by atoms with E-state index in [2.05, 4.69) is 5.32 Å². The Labute approximate surface area is 114 Å². The average Bonchev–Trinajstić information content (AvgIpc) is 2.42. The number of benzene rings is 2. The summed E-state index contributed by atoms with van der Waals surface area (Å²) in [5, 5.41) is 2.44. The fourth-order valence-corrected chi connectivity index (χ4v) is 1.71. The van der Waals surface area contributed by atoms with Gasteiger partial charge in [-0.1, -0.05) is 6.07 Å². The van der Waals surface area contributed by atoms with Crippen LogP contribution in [0.5, 0.6) is 5.75 Å². The number of anilines is 2. The highest BCUT2D eigenvalue weighted by Gasteiger charge is 2.17. The number of nitrogen functional groups attached to an aromatic ring is 1. The van der Waals surface area contributed by atoms with E-state index in [4.69, 9.17) is 10.5 Å². The first kappa shape index (κ1) is 13.8. The molecule has 4 nitrogen and oxygen atoms in total. The van der Waals surface area contributed by atoms with Crippen molar-refractivity contribution in [2.24, 2.45) is 0 Å². The van der Waals surface area contributed by atoms with Crippen LogP contribution >= 0.6 is 0 Å². The molecule has 6 heteroatoms. The second-order valence-corrected chi connectivity index (χ2v) is 4.01. The van der Waals surface area contributed by atoms with Gasteiger partial charge in [0.25, 0.3) is 5.91 Å². The SMILES string of the molecule is COc1cccc(F)c1C(=O)Nc1ccc(F)c(N)c1. The zero-order chi connectivity index (χ0) is 14.7. The molecule has 2 rings (SSSR count). The molecule has 0 aliphatic carbocycles. The maximum absolute atomic E-state index is 13.7. The molecule has 0 aliphatic rings. The highest BCUT2D eigenvalue weighted by molar-refractivity contribution is 6.06. The number of carbonyl (C=O) groups is 1. The summed E-state index contributed by atoms with van der Waals surface area (Å²) in [6.45, 7) is 0. The van der Waals surface area contributed by atoms with Gasteiger partial charge >= 0.3 is 0 Å². The first-order chi connectivity index (χ1) is 9.52. The Bertz CT molecular complexity index is 660. The minimum Gasteiger partial charge on any atom is -0.496 e. The van der Waals surface area contributed by atoms with Crippen LogP contribution in [0.3, 0.4) is 0 Å². The van der Waals surface area contributed by atoms with Crippen LogP contribution in [0.2, 0.25) is 0 Å². The molecule has 0 bridgehead atoms. The van der Waals surface area contributed by atoms with Crippen LogP contribution < -0.4 is 15.8 Å². The Hall–Kier alpha value is -2.63. The number of hydrogen-bond acceptors (Lipinski definition) is 3. The van der Waals surface area contributed by atoms with Crippen molar-refractivity contribution in [3.63, 3.8) is 0 Å². The molecule has 2 aromatic rings. The lowest BCUT2D eigenvalue weighted by atomic mass is 10.1. The lowest BCUT2D eigenvalue weighted by Crippen LogP contribution is -2.15. The summed E-state index contributed by atoms with van der Waals surface area (Å²) in [4.78, 5) is 12.0. The van der Waals surface area contributed by atoms with E-state index in [-0.39, 0.29) is 22.7 Å². The molecule has 0 atom stereocenters. The molecule has 0 aromatic heterocycles. The first-order valence-electron chi connectivity index (χ1n) is 5.72. The molecule has 0 saturated heterocycles. The smallest absolute Gasteiger partial charge is 0.262 e. The van der Waals surface area contributed by atoms with Gasteiger partial charge in [0.2, 0.25) is 0 Å². The third kappa shape index (κ3) is 2.69. The molecule has 0 spiro atoms. The van der Waals surface area contributed by atoms with E-state index >= 15 is 0 Å². The Morgan fingerprint density at radius 3 is 2.60 bits per heavy atom. The van der Waals surface area contributed by atoms with Gasteiger partial charge in [0.1, 0.15) is 22.9 Å². The van der Waals surface area contributed by atoms with Crippen LogP contribution in [-0.4, -0.2) is 13.0 Å². The fourth-order valence-electron chi connectivity index (χ4n) is 1.71. The van der Waals surface area contributed by atoms with E-state index in [1.165, 1.54) is 31.4 Å². The van der Waals surface area contributed by atoms with E-state index < -0.39 is 17.5 Å². The first-order valence-corrected chi connectivity index (χ1v) is 5.72. The van der Waals surface area contributed by atoms with Crippen molar-refractivity contribution >= 4 is 17.3 Å². The topological polar surface area (TPSA) is 64.3 Å². The quantitative estimate of drug-likeness (QED) is 0.848. The molecule has 2 aromatic carbocycles. The minimum atomic E-state index is -0.711. The monoisotopic (exact) mass is 278 g/mol. The van der Waals surface area contributed by atoms with E-state index in [1.807, 2.05) is 0 Å². The number of nitrogens with one attached hydrogen (secondary N) is 1. The van der Waals surface area contributed by atoms with E-state index in [0.717, 1.165) is 12.1 Å². The van der Waals surface area contributed by atoms with Crippen LogP contribution in [0, 0.1) is 11.6 Å². The molecule has 0 heterocycles. The van der Waals surface area contributed by atoms with E-state index in [1.54, 1.807) is 0 Å². The standard InChI is InChI=1S/C14H12F2N2O2/c1-20-12-4-2-3-10(16)13(12)14(19)18-8-5-6-9(15)11(17)7-8/h2-7H,17H2,1H3,(H,18,19). The predicted octanol–water partition coefficient (Wildman–Crippen LogP) is 2.81. The zero-order valence-electron chi connectivity index (χ0n) is 10.6. The Morgan fingerprint density at radius 2 is 1.95 bits per heavy atom. The maximum atomic E-state index is 13.7. The third-order valence-electron chi connectivity index (χ3n) is 2.68. The second kappa shape index (κ2) is 5.56. The van der Waals surface area contributed by atoms with Gasteiger partial charge in [-0.15, -0.1) is 0 Å². The molecule has 0 fully saturated rings. The van der Waals surface area contributed by atoms with Crippen molar-refractivity contribution in [3.8, 4) is 5.75 Å². The highest BCUT2D eigenvalue weighted by atomic mass is 19.1. The van der Waals surface area contributed by atoms with Gasteiger partial charge < -0.3 is 15.8 Å². The molecular formula is C14H12F2N2O2. The van der Waals surface area contributed by atoms with Crippen molar-refractivity contribution in [2.75, 3.05) is 18.2 Å². The van der Waals surface area contributed by atoms with Gasteiger partial charge in [-0.05, 0) is 30.3 Å². The van der Waals surface area contributed by atoms with E-state index in [9.17, 15) is 13.6 Å². The van der Waals surface area contributed by atoms with Gasteiger partial charge in [-0.3, -0.25) is 4.79 Å². The van der Waals surface area contributed by atoms with Crippen LogP contribution in [-0.2, 0) is 0 Å². The van der Waals surface area contributed by atoms with Gasteiger partial charge in [0, 0.05) is 5.69 Å². The van der Waals surface area contributed by atoms with Crippen molar-refractivity contribution in [3.05, 3.63) is 53.6 Å². The number of hydrogen-bond donors (Lipinski definition) is 2. The summed E-state index contributed by atoms with van der Waals surface area (Å²) >= 11 is 0. The largest absolute Gasteiger partial charge is 0.496 e. The number of nitrogens with two attached hydrogens (primary N) is 1. The highest BCUT2D eigenvalue weighted by Crippen LogP contribution is 2.23. The summed E-state index contributed by atoms with van der Waals surface area (Å²) < 4.78 is 31.7. The lowest BCUT2D eigenvalue weighted by molar-refractivity contribution is 0.102. The number of halogens is 2. The molecule has 0 unspecified atom stereocenters. The molecule has 20 heavy (non-hydrogen) atoms. The molecule has 3 N–H and O–H groups in total. The molecule has 104 valence electrons. The van der Waals surface area contributed by atoms with Crippen molar-refractivity contribution in [1.82, 2.24) is 0 Å². The summed E-state index contributed by atoms with van der Waals surface area (Å²) in [6, 6.07) is 7.75. The van der Waals surface area contributed by atoms with Crippen molar-refractivity contribution < 1.29 is 18.3 Å². The molecule has 0 radical (unpaired) electrons. The number of amides is 1. The Morgan fingerprint density at radius 1 is 1.20 bits per heavy atom. The second-order valence-electron chi connectivity index (χ2n) is 4.01. The Kier molecular flexibility index (Phi) is 3.84. The average molecular weight is 278 g/mol. The van der Waals surface area contributed by atoms with Crippen LogP contribution in [0.1, 0.15) is 10.4 Å². The zero-order valence-corrected chi connectivity index (χ0v) is 10.6. The van der Waals surface area contributed by atoms with Gasteiger partial charge in [-0.2, -0.15) is 0 Å². The molecule has 1 amide bonds. The van der Waals surface area contributed by atoms with Crippen molar-refractivity contribution in [2.45, 2.75) is 0 Å². The number of rotatable bonds is 3. The summed E-state index contributed by atoms with van der Waals surface area (Å²) in [6.07, 6.45) is 0. The van der Waals surface area contributed by atoms with E-state index in [0.29, 0.717) is 0 Å². The predicted molar refractivity (Wildman–Crippen MR) is 71.7 cm³/mol. The minimum absolute atomic E-state index is 0.108. The third-order valence-corrected chi connectivity index (χ3v) is 2.68. The Balaban J connectivity index is 2.30. The molecule has 0 aliphatic heterocycles. The fraction of sp³-hybridized carbons (Fsp3) is 0.0714. The van der Waals surface area contributed by atoms with Crippen molar-refractivity contribution in [1.29, 1.82) is 0 Å². The van der Waals surface area contributed by atoms with Crippen LogP contribution in [0.15, 0.2) is 36.4 Å². The van der Waals surface area contributed by atoms with Gasteiger partial charge in [0.15, 0.2) is 0 Å². The normalized spacial score (nSPS) is 10.2. The van der Waals surface area contributed by atoms with Gasteiger partial charge in [-0.25, -0.2) is 8.78 Å². The summed E-state index contributed by atoms with van der Waals surface area (Å²) in [7, 11) is 1.33. The molecular weight excluding hydrogens is 266 g/mol. The lowest BCUT2D eigenvalue weighted by Gasteiger charge is -2.10. The number of ether oxygens (including phenoxy) is 1. The molecule has 0 saturated carbocycles. The van der Waals surface area contributed by atoms with Gasteiger partial charge in [0.05, 0.1) is 12.8 Å². The summed E-state index contributed by atoms with van der Waals surface area (Å²) in [5.41, 5.74) is 5.33. The number of methoxy groups -OCH3 is 1. The number of carbonyl (C=O) groups excluding carboxylic acids is 1. The van der Waals surface area contributed by atoms with Crippen LogP contribution in [0.25, 0.3) is 0 Å². The maximum Gasteiger partial charge on any atom is 0.262 e. The summed E-state index contributed by atoms with van der Waals surface area (Å²) in [5.74, 6) is -1.90. The van der Waals surface area contributed by atoms with Crippen LogP contribution in [0.4, 0.5) is 20.2 Å².